The summed E-state index contributed by atoms with van der Waals surface area (Å²) in [5.74, 6) is 2.58. The van der Waals surface area contributed by atoms with Gasteiger partial charge in [-0.25, -0.2) is 0 Å². The summed E-state index contributed by atoms with van der Waals surface area (Å²) >= 11 is 0. The van der Waals surface area contributed by atoms with E-state index in [1.165, 1.54) is 51.7 Å². The van der Waals surface area contributed by atoms with Gasteiger partial charge in [-0.2, -0.15) is 0 Å². The molecule has 1 saturated carbocycles. The third-order valence-corrected chi connectivity index (χ3v) is 4.84. The van der Waals surface area contributed by atoms with Crippen molar-refractivity contribution in [3.8, 4) is 0 Å². The number of piperidine rings is 1. The molecule has 1 aliphatic carbocycles. The maximum absolute atomic E-state index is 5.65. The van der Waals surface area contributed by atoms with Crippen LogP contribution in [0.3, 0.4) is 0 Å². The summed E-state index contributed by atoms with van der Waals surface area (Å²) in [6.45, 7) is 9.82. The van der Waals surface area contributed by atoms with E-state index in [0.717, 1.165) is 50.5 Å². The average Bonchev–Trinajstić information content (AvgIpc) is 3.39. The van der Waals surface area contributed by atoms with Crippen LogP contribution in [0.4, 0.5) is 0 Å². The van der Waals surface area contributed by atoms with Crippen molar-refractivity contribution in [1.29, 1.82) is 0 Å². The van der Waals surface area contributed by atoms with Gasteiger partial charge in [-0.1, -0.05) is 6.92 Å². The molecule has 2 aliphatic rings. The Labute approximate surface area is 165 Å². The van der Waals surface area contributed by atoms with Crippen molar-refractivity contribution >= 4 is 29.9 Å². The molecule has 0 atom stereocenters. The molecular formula is C18H37IN4O. The minimum Gasteiger partial charge on any atom is -0.381 e. The lowest BCUT2D eigenvalue weighted by Crippen LogP contribution is -2.43. The molecule has 1 aliphatic heterocycles. The number of nitrogens with one attached hydrogen (secondary N) is 2. The summed E-state index contributed by atoms with van der Waals surface area (Å²) in [4.78, 5) is 6.90. The second-order valence-electron chi connectivity index (χ2n) is 7.04. The fourth-order valence-electron chi connectivity index (χ4n) is 3.11. The van der Waals surface area contributed by atoms with Crippen LogP contribution in [-0.4, -0.2) is 63.8 Å². The first-order valence-electron chi connectivity index (χ1n) is 9.56. The molecule has 2 N–H and O–H groups in total. The van der Waals surface area contributed by atoms with Gasteiger partial charge in [0, 0.05) is 33.4 Å². The number of ether oxygens (including phenoxy) is 1. The number of rotatable bonds is 10. The zero-order chi connectivity index (χ0) is 16.3. The smallest absolute Gasteiger partial charge is 0.190 e. The lowest BCUT2D eigenvalue weighted by Gasteiger charge is -2.32. The van der Waals surface area contributed by atoms with E-state index in [-0.39, 0.29) is 24.0 Å². The molecule has 142 valence electrons. The third-order valence-electron chi connectivity index (χ3n) is 4.84. The number of likely N-dealkylation sites (tertiary alicyclic amines) is 1. The van der Waals surface area contributed by atoms with Crippen molar-refractivity contribution in [3.63, 3.8) is 0 Å². The van der Waals surface area contributed by atoms with Crippen LogP contribution in [0.1, 0.15) is 45.4 Å². The van der Waals surface area contributed by atoms with E-state index in [9.17, 15) is 0 Å². The van der Waals surface area contributed by atoms with Crippen LogP contribution >= 0.6 is 24.0 Å². The van der Waals surface area contributed by atoms with Crippen molar-refractivity contribution in [2.24, 2.45) is 16.8 Å². The Hall–Kier alpha value is -0.0800. The number of aliphatic imine (C=N–C) groups is 1. The Kier molecular flexibility index (Phi) is 12.0. The van der Waals surface area contributed by atoms with E-state index in [0.29, 0.717) is 0 Å². The van der Waals surface area contributed by atoms with E-state index < -0.39 is 0 Å². The fourth-order valence-corrected chi connectivity index (χ4v) is 3.11. The fraction of sp³-hybridized carbons (Fsp3) is 0.944. The van der Waals surface area contributed by atoms with E-state index in [1.807, 2.05) is 7.05 Å². The lowest BCUT2D eigenvalue weighted by atomic mass is 9.97. The molecule has 6 heteroatoms. The molecule has 2 fully saturated rings. The van der Waals surface area contributed by atoms with E-state index in [2.05, 4.69) is 27.4 Å². The molecule has 0 bridgehead atoms. The molecule has 5 nitrogen and oxygen atoms in total. The summed E-state index contributed by atoms with van der Waals surface area (Å²) in [6.07, 6.45) is 7.66. The Balaban J connectivity index is 0.00000288. The molecule has 2 rings (SSSR count). The van der Waals surface area contributed by atoms with Crippen LogP contribution in [0, 0.1) is 11.8 Å². The highest BCUT2D eigenvalue weighted by atomic mass is 127. The Bertz CT molecular complexity index is 342. The van der Waals surface area contributed by atoms with Gasteiger partial charge in [0.2, 0.25) is 0 Å². The second-order valence-corrected chi connectivity index (χ2v) is 7.04. The normalized spacial score (nSPS) is 19.8. The molecule has 24 heavy (non-hydrogen) atoms. The van der Waals surface area contributed by atoms with Crippen LogP contribution in [0.5, 0.6) is 0 Å². The van der Waals surface area contributed by atoms with Crippen LogP contribution in [0.15, 0.2) is 4.99 Å². The number of guanidine groups is 1. The van der Waals surface area contributed by atoms with E-state index in [1.54, 1.807) is 0 Å². The Morgan fingerprint density at radius 2 is 1.88 bits per heavy atom. The van der Waals surface area contributed by atoms with Gasteiger partial charge in [-0.3, -0.25) is 4.99 Å². The molecular weight excluding hydrogens is 415 g/mol. The summed E-state index contributed by atoms with van der Waals surface area (Å²) < 4.78 is 5.65. The van der Waals surface area contributed by atoms with E-state index >= 15 is 0 Å². The summed E-state index contributed by atoms with van der Waals surface area (Å²) in [5.41, 5.74) is 0. The van der Waals surface area contributed by atoms with Crippen molar-refractivity contribution in [2.45, 2.75) is 45.4 Å². The highest BCUT2D eigenvalue weighted by Crippen LogP contribution is 2.28. The van der Waals surface area contributed by atoms with Crippen molar-refractivity contribution in [1.82, 2.24) is 15.5 Å². The molecule has 1 saturated heterocycles. The van der Waals surface area contributed by atoms with Crippen molar-refractivity contribution in [3.05, 3.63) is 0 Å². The summed E-state index contributed by atoms with van der Waals surface area (Å²) in [6, 6.07) is 0. The number of hydrogen-bond donors (Lipinski definition) is 2. The summed E-state index contributed by atoms with van der Waals surface area (Å²) in [7, 11) is 1.85. The topological polar surface area (TPSA) is 48.9 Å². The van der Waals surface area contributed by atoms with Gasteiger partial charge < -0.3 is 20.3 Å². The predicted molar refractivity (Wildman–Crippen MR) is 112 cm³/mol. The molecule has 0 aromatic carbocycles. The zero-order valence-electron chi connectivity index (χ0n) is 15.6. The molecule has 0 aromatic heterocycles. The van der Waals surface area contributed by atoms with Crippen LogP contribution < -0.4 is 10.6 Å². The SMILES string of the molecule is CCCN1CCC(CNC(=NC)NCCCOCC2CC2)CC1.I. The second kappa shape index (κ2) is 13.2. The molecule has 0 amide bonds. The molecule has 0 aromatic rings. The molecule has 0 unspecified atom stereocenters. The number of hydrogen-bond acceptors (Lipinski definition) is 3. The molecule has 0 spiro atoms. The first kappa shape index (κ1) is 22.0. The number of nitrogens with zero attached hydrogens (tertiary/aromatic N) is 2. The van der Waals surface area contributed by atoms with Crippen molar-refractivity contribution in [2.75, 3.05) is 53.0 Å². The number of halogens is 1. The lowest BCUT2D eigenvalue weighted by molar-refractivity contribution is 0.123. The molecule has 1 heterocycles. The monoisotopic (exact) mass is 452 g/mol. The van der Waals surface area contributed by atoms with Gasteiger partial charge in [0.15, 0.2) is 5.96 Å². The largest absolute Gasteiger partial charge is 0.381 e. The maximum atomic E-state index is 5.65. The van der Waals surface area contributed by atoms with Gasteiger partial charge in [0.05, 0.1) is 0 Å². The van der Waals surface area contributed by atoms with Gasteiger partial charge in [-0.15, -0.1) is 24.0 Å². The first-order chi connectivity index (χ1) is 11.3. The van der Waals surface area contributed by atoms with Gasteiger partial charge >= 0.3 is 0 Å². The maximum Gasteiger partial charge on any atom is 0.190 e. The zero-order valence-corrected chi connectivity index (χ0v) is 17.9. The Morgan fingerprint density at radius 1 is 1.12 bits per heavy atom. The standard InChI is InChI=1S/C18H36N4O.HI/c1-3-10-22-11-7-16(8-12-22)14-21-18(19-2)20-9-4-13-23-15-17-5-6-17;/h16-17H,3-15H2,1-2H3,(H2,19,20,21);1H. The van der Waals surface area contributed by atoms with Crippen LogP contribution in [0.25, 0.3) is 0 Å². The highest BCUT2D eigenvalue weighted by Gasteiger charge is 2.21. The van der Waals surface area contributed by atoms with E-state index in [4.69, 9.17) is 4.74 Å². The van der Waals surface area contributed by atoms with Gasteiger partial charge in [-0.05, 0) is 70.0 Å². The van der Waals surface area contributed by atoms with Crippen LogP contribution in [-0.2, 0) is 4.74 Å². The predicted octanol–water partition coefficient (Wildman–Crippen LogP) is 2.71. The highest BCUT2D eigenvalue weighted by molar-refractivity contribution is 14.0. The Morgan fingerprint density at radius 3 is 2.50 bits per heavy atom. The van der Waals surface area contributed by atoms with Gasteiger partial charge in [0.1, 0.15) is 0 Å². The van der Waals surface area contributed by atoms with Crippen molar-refractivity contribution < 1.29 is 4.74 Å². The minimum absolute atomic E-state index is 0. The third kappa shape index (κ3) is 9.42. The quantitative estimate of drug-likeness (QED) is 0.232. The minimum atomic E-state index is 0. The van der Waals surface area contributed by atoms with Gasteiger partial charge in [0.25, 0.3) is 0 Å². The summed E-state index contributed by atoms with van der Waals surface area (Å²) in [5, 5.41) is 6.87. The van der Waals surface area contributed by atoms with Crippen LogP contribution in [0.2, 0.25) is 0 Å². The first-order valence-corrected chi connectivity index (χ1v) is 9.56. The molecule has 0 radical (unpaired) electrons. The average molecular weight is 452 g/mol.